The van der Waals surface area contributed by atoms with E-state index in [1.807, 2.05) is 0 Å². The van der Waals surface area contributed by atoms with Crippen LogP contribution in [0.3, 0.4) is 0 Å². The van der Waals surface area contributed by atoms with E-state index in [1.54, 1.807) is 6.92 Å². The van der Waals surface area contributed by atoms with E-state index in [1.165, 1.54) is 12.4 Å². The van der Waals surface area contributed by atoms with Gasteiger partial charge in [-0.1, -0.05) is 0 Å². The van der Waals surface area contributed by atoms with E-state index in [9.17, 15) is 18.0 Å². The Balaban J connectivity index is 2.12. The van der Waals surface area contributed by atoms with Crippen LogP contribution in [-0.2, 0) is 12.7 Å². The van der Waals surface area contributed by atoms with Gasteiger partial charge in [-0.05, 0) is 13.0 Å². The number of amides is 1. The summed E-state index contributed by atoms with van der Waals surface area (Å²) in [5, 5.41) is 2.37. The topological polar surface area (TPSA) is 67.8 Å². The van der Waals surface area contributed by atoms with Gasteiger partial charge in [0.1, 0.15) is 0 Å². The molecule has 0 aliphatic carbocycles. The fraction of sp³-hybridized carbons (Fsp3) is 0.231. The minimum atomic E-state index is -4.61. The van der Waals surface area contributed by atoms with Gasteiger partial charge in [-0.25, -0.2) is 0 Å². The number of aromatic nitrogens is 3. The Bertz CT molecular complexity index is 641. The van der Waals surface area contributed by atoms with Gasteiger partial charge in [0.2, 0.25) is 0 Å². The third kappa shape index (κ3) is 3.74. The number of carbonyl (C=O) groups excluding carboxylic acids is 1. The third-order valence-electron chi connectivity index (χ3n) is 2.64. The molecule has 8 heteroatoms. The lowest BCUT2D eigenvalue weighted by Crippen LogP contribution is -2.26. The molecule has 0 fully saturated rings. The number of nitrogens with one attached hydrogen (secondary N) is 1. The summed E-state index contributed by atoms with van der Waals surface area (Å²) in [6.45, 7) is 1.74. The highest BCUT2D eigenvalue weighted by atomic mass is 19.4. The molecule has 0 aromatic carbocycles. The first-order valence-electron chi connectivity index (χ1n) is 5.95. The zero-order valence-electron chi connectivity index (χ0n) is 11.0. The number of alkyl halides is 3. The molecule has 21 heavy (non-hydrogen) atoms. The van der Waals surface area contributed by atoms with Crippen molar-refractivity contribution in [3.05, 3.63) is 53.4 Å². The predicted molar refractivity (Wildman–Crippen MR) is 67.2 cm³/mol. The molecule has 2 aromatic heterocycles. The summed E-state index contributed by atoms with van der Waals surface area (Å²) < 4.78 is 38.4. The molecule has 0 spiro atoms. The van der Waals surface area contributed by atoms with Gasteiger partial charge in [-0.15, -0.1) is 0 Å². The van der Waals surface area contributed by atoms with Crippen molar-refractivity contribution in [3.63, 3.8) is 0 Å². The SMILES string of the molecule is Cc1cnc(CNC(=O)c2cnccc2C(F)(F)F)cn1. The molecular formula is C13H11F3N4O. The number of aryl methyl sites for hydroxylation is 1. The maximum Gasteiger partial charge on any atom is 0.417 e. The Labute approximate surface area is 118 Å². The lowest BCUT2D eigenvalue weighted by molar-refractivity contribution is -0.138. The first kappa shape index (κ1) is 14.9. The Morgan fingerprint density at radius 3 is 2.62 bits per heavy atom. The number of nitrogens with zero attached hydrogens (tertiary/aromatic N) is 3. The van der Waals surface area contributed by atoms with Gasteiger partial charge in [0.15, 0.2) is 0 Å². The largest absolute Gasteiger partial charge is 0.417 e. The number of carbonyl (C=O) groups is 1. The molecule has 0 radical (unpaired) electrons. The molecule has 0 saturated heterocycles. The summed E-state index contributed by atoms with van der Waals surface area (Å²) in [6, 6.07) is 0.764. The molecule has 2 rings (SSSR count). The van der Waals surface area contributed by atoms with Crippen LogP contribution in [-0.4, -0.2) is 20.9 Å². The molecule has 0 saturated carbocycles. The molecule has 5 nitrogen and oxygen atoms in total. The first-order chi connectivity index (χ1) is 9.88. The minimum absolute atomic E-state index is 0.0156. The maximum absolute atomic E-state index is 12.8. The van der Waals surface area contributed by atoms with Gasteiger partial charge in [-0.3, -0.25) is 19.7 Å². The highest BCUT2D eigenvalue weighted by Crippen LogP contribution is 2.31. The smallest absolute Gasteiger partial charge is 0.346 e. The number of rotatable bonds is 3. The lowest BCUT2D eigenvalue weighted by Gasteiger charge is -2.11. The van der Waals surface area contributed by atoms with Gasteiger partial charge in [0.25, 0.3) is 5.91 Å². The zero-order chi connectivity index (χ0) is 15.5. The molecule has 0 aliphatic rings. The van der Waals surface area contributed by atoms with Crippen LogP contribution in [0.1, 0.15) is 27.3 Å². The average Bonchev–Trinajstić information content (AvgIpc) is 2.45. The molecule has 0 unspecified atom stereocenters. The number of pyridine rings is 1. The van der Waals surface area contributed by atoms with Crippen molar-refractivity contribution in [3.8, 4) is 0 Å². The fourth-order valence-corrected chi connectivity index (χ4v) is 1.60. The van der Waals surface area contributed by atoms with Gasteiger partial charge in [0, 0.05) is 18.6 Å². The van der Waals surface area contributed by atoms with Crippen LogP contribution in [0.2, 0.25) is 0 Å². The quantitative estimate of drug-likeness (QED) is 0.942. The highest BCUT2D eigenvalue weighted by Gasteiger charge is 2.35. The van der Waals surface area contributed by atoms with E-state index in [0.717, 1.165) is 18.5 Å². The number of hydrogen-bond acceptors (Lipinski definition) is 4. The lowest BCUT2D eigenvalue weighted by atomic mass is 10.1. The number of halogens is 3. The first-order valence-corrected chi connectivity index (χ1v) is 5.95. The van der Waals surface area contributed by atoms with Crippen molar-refractivity contribution in [2.45, 2.75) is 19.6 Å². The van der Waals surface area contributed by atoms with Crippen LogP contribution in [0.15, 0.2) is 30.9 Å². The van der Waals surface area contributed by atoms with E-state index in [4.69, 9.17) is 0 Å². The minimum Gasteiger partial charge on any atom is -0.346 e. The van der Waals surface area contributed by atoms with Crippen LogP contribution in [0, 0.1) is 6.92 Å². The summed E-state index contributed by atoms with van der Waals surface area (Å²) in [4.78, 5) is 23.4. The molecule has 2 aromatic rings. The Morgan fingerprint density at radius 1 is 1.24 bits per heavy atom. The van der Waals surface area contributed by atoms with Gasteiger partial charge >= 0.3 is 6.18 Å². The summed E-state index contributed by atoms with van der Waals surface area (Å²) >= 11 is 0. The van der Waals surface area contributed by atoms with Crippen molar-refractivity contribution in [2.75, 3.05) is 0 Å². The Morgan fingerprint density at radius 2 is 2.00 bits per heavy atom. The highest BCUT2D eigenvalue weighted by molar-refractivity contribution is 5.95. The van der Waals surface area contributed by atoms with Crippen molar-refractivity contribution in [2.24, 2.45) is 0 Å². The van der Waals surface area contributed by atoms with E-state index in [2.05, 4.69) is 20.3 Å². The predicted octanol–water partition coefficient (Wildman–Crippen LogP) is 2.13. The van der Waals surface area contributed by atoms with Crippen LogP contribution in [0.4, 0.5) is 13.2 Å². The molecule has 0 bridgehead atoms. The molecule has 1 amide bonds. The summed E-state index contributed by atoms with van der Waals surface area (Å²) in [5.41, 5.74) is -0.391. The fourth-order valence-electron chi connectivity index (χ4n) is 1.60. The average molecular weight is 296 g/mol. The normalized spacial score (nSPS) is 11.2. The van der Waals surface area contributed by atoms with Crippen molar-refractivity contribution in [1.29, 1.82) is 0 Å². The Kier molecular flexibility index (Phi) is 4.15. The van der Waals surface area contributed by atoms with Crippen molar-refractivity contribution in [1.82, 2.24) is 20.3 Å². The van der Waals surface area contributed by atoms with Crippen LogP contribution < -0.4 is 5.32 Å². The zero-order valence-corrected chi connectivity index (χ0v) is 11.0. The van der Waals surface area contributed by atoms with Crippen LogP contribution >= 0.6 is 0 Å². The van der Waals surface area contributed by atoms with E-state index >= 15 is 0 Å². The van der Waals surface area contributed by atoms with Crippen LogP contribution in [0.25, 0.3) is 0 Å². The molecular weight excluding hydrogens is 285 g/mol. The standard InChI is InChI=1S/C13H11F3N4O/c1-8-4-19-9(5-18-8)6-20-12(21)10-7-17-3-2-11(10)13(14,15)16/h2-5,7H,6H2,1H3,(H,20,21). The maximum atomic E-state index is 12.8. The molecule has 1 N–H and O–H groups in total. The molecule has 0 atom stereocenters. The second-order valence-corrected chi connectivity index (χ2v) is 4.25. The van der Waals surface area contributed by atoms with E-state index < -0.39 is 23.2 Å². The van der Waals surface area contributed by atoms with Crippen LogP contribution in [0.5, 0.6) is 0 Å². The van der Waals surface area contributed by atoms with Gasteiger partial charge < -0.3 is 5.32 Å². The van der Waals surface area contributed by atoms with E-state index in [0.29, 0.717) is 11.4 Å². The summed E-state index contributed by atoms with van der Waals surface area (Å²) in [6.07, 6.45) is 0.222. The molecule has 2 heterocycles. The van der Waals surface area contributed by atoms with Gasteiger partial charge in [0.05, 0.1) is 35.3 Å². The monoisotopic (exact) mass is 296 g/mol. The third-order valence-corrected chi connectivity index (χ3v) is 2.64. The van der Waals surface area contributed by atoms with E-state index in [-0.39, 0.29) is 6.54 Å². The second kappa shape index (κ2) is 5.86. The summed E-state index contributed by atoms with van der Waals surface area (Å²) in [5.74, 6) is -0.863. The van der Waals surface area contributed by atoms with Gasteiger partial charge in [-0.2, -0.15) is 13.2 Å². The Hall–Kier alpha value is -2.51. The number of hydrogen-bond donors (Lipinski definition) is 1. The second-order valence-electron chi connectivity index (χ2n) is 4.25. The van der Waals surface area contributed by atoms with Crippen molar-refractivity contribution >= 4 is 5.91 Å². The van der Waals surface area contributed by atoms with Crippen molar-refractivity contribution < 1.29 is 18.0 Å². The molecule has 110 valence electrons. The summed E-state index contributed by atoms with van der Waals surface area (Å²) in [7, 11) is 0. The molecule has 0 aliphatic heterocycles.